The Morgan fingerprint density at radius 3 is 2.48 bits per heavy atom. The van der Waals surface area contributed by atoms with E-state index in [1.54, 1.807) is 12.1 Å². The van der Waals surface area contributed by atoms with Crippen molar-refractivity contribution < 1.29 is 5.11 Å². The zero-order valence-corrected chi connectivity index (χ0v) is 12.9. The van der Waals surface area contributed by atoms with Crippen LogP contribution in [0.4, 0.5) is 0 Å². The van der Waals surface area contributed by atoms with Crippen molar-refractivity contribution in [2.45, 2.75) is 57.6 Å². The van der Waals surface area contributed by atoms with Crippen LogP contribution in [0.15, 0.2) is 24.3 Å². The van der Waals surface area contributed by atoms with Crippen LogP contribution in [0.3, 0.4) is 0 Å². The summed E-state index contributed by atoms with van der Waals surface area (Å²) in [6, 6.07) is 9.83. The molecular formula is C18H26N2O. The van der Waals surface area contributed by atoms with Crippen LogP contribution < -0.4 is 5.32 Å². The number of nitrogens with one attached hydrogen (secondary N) is 1. The number of aliphatic hydroxyl groups excluding tert-OH is 1. The minimum atomic E-state index is -0.494. The summed E-state index contributed by atoms with van der Waals surface area (Å²) in [5.41, 5.74) is 1.51. The first kappa shape index (κ1) is 16.0. The molecule has 1 aromatic rings. The second-order valence-corrected chi connectivity index (χ2v) is 6.16. The van der Waals surface area contributed by atoms with Gasteiger partial charge in [-0.25, -0.2) is 0 Å². The van der Waals surface area contributed by atoms with Gasteiger partial charge in [0.15, 0.2) is 0 Å². The molecule has 0 aliphatic heterocycles. The van der Waals surface area contributed by atoms with Crippen LogP contribution in [-0.4, -0.2) is 17.7 Å². The Balaban J connectivity index is 1.74. The average Bonchev–Trinajstić information content (AvgIpc) is 2.54. The molecule has 1 fully saturated rings. The minimum absolute atomic E-state index is 0.494. The van der Waals surface area contributed by atoms with Crippen molar-refractivity contribution in [3.8, 4) is 6.07 Å². The summed E-state index contributed by atoms with van der Waals surface area (Å²) in [7, 11) is 0. The van der Waals surface area contributed by atoms with Gasteiger partial charge >= 0.3 is 0 Å². The van der Waals surface area contributed by atoms with Gasteiger partial charge in [0.2, 0.25) is 0 Å². The Morgan fingerprint density at radius 1 is 1.24 bits per heavy atom. The molecule has 0 aromatic heterocycles. The molecule has 21 heavy (non-hydrogen) atoms. The van der Waals surface area contributed by atoms with Crippen LogP contribution in [-0.2, 0) is 0 Å². The first-order valence-electron chi connectivity index (χ1n) is 8.14. The molecule has 1 atom stereocenters. The van der Waals surface area contributed by atoms with E-state index in [2.05, 4.69) is 18.3 Å². The predicted molar refractivity (Wildman–Crippen MR) is 84.8 cm³/mol. The van der Waals surface area contributed by atoms with Gasteiger partial charge in [0.1, 0.15) is 0 Å². The molecule has 2 N–H and O–H groups in total. The molecule has 114 valence electrons. The monoisotopic (exact) mass is 286 g/mol. The molecule has 0 saturated heterocycles. The Kier molecular flexibility index (Phi) is 6.22. The summed E-state index contributed by atoms with van der Waals surface area (Å²) in [6.07, 6.45) is 7.25. The van der Waals surface area contributed by atoms with E-state index >= 15 is 0 Å². The SMILES string of the molecule is CCCC1CCC(NCC(O)c2ccc(C#N)cc2)CC1. The lowest BCUT2D eigenvalue weighted by molar-refractivity contribution is 0.161. The fraction of sp³-hybridized carbons (Fsp3) is 0.611. The highest BCUT2D eigenvalue weighted by Crippen LogP contribution is 2.28. The first-order valence-corrected chi connectivity index (χ1v) is 8.14. The number of nitriles is 1. The Labute approximate surface area is 128 Å². The second kappa shape index (κ2) is 8.17. The van der Waals surface area contributed by atoms with E-state index in [9.17, 15) is 5.11 Å². The zero-order chi connectivity index (χ0) is 15.1. The number of rotatable bonds is 6. The molecule has 0 amide bonds. The summed E-state index contributed by atoms with van der Waals surface area (Å²) in [5, 5.41) is 22.5. The van der Waals surface area contributed by atoms with Crippen molar-refractivity contribution in [1.82, 2.24) is 5.32 Å². The lowest BCUT2D eigenvalue weighted by atomic mass is 9.83. The molecule has 1 aliphatic rings. The molecule has 0 bridgehead atoms. The van der Waals surface area contributed by atoms with E-state index in [4.69, 9.17) is 5.26 Å². The third kappa shape index (κ3) is 4.84. The first-order chi connectivity index (χ1) is 10.2. The van der Waals surface area contributed by atoms with Gasteiger partial charge in [-0.05, 0) is 49.3 Å². The van der Waals surface area contributed by atoms with Gasteiger partial charge in [-0.2, -0.15) is 5.26 Å². The highest BCUT2D eigenvalue weighted by molar-refractivity contribution is 5.32. The molecule has 3 nitrogen and oxygen atoms in total. The van der Waals surface area contributed by atoms with Crippen LogP contribution in [0.25, 0.3) is 0 Å². The molecule has 3 heteroatoms. The topological polar surface area (TPSA) is 56.0 Å². The van der Waals surface area contributed by atoms with Crippen LogP contribution in [0.2, 0.25) is 0 Å². The van der Waals surface area contributed by atoms with Crippen LogP contribution >= 0.6 is 0 Å². The summed E-state index contributed by atoms with van der Waals surface area (Å²) in [4.78, 5) is 0. The molecule has 1 aliphatic carbocycles. The fourth-order valence-electron chi connectivity index (χ4n) is 3.24. The standard InChI is InChI=1S/C18H26N2O/c1-2-3-14-6-10-17(11-7-14)20-13-18(21)16-8-4-15(12-19)5-9-16/h4-5,8-9,14,17-18,20-21H,2-3,6-7,10-11,13H2,1H3. The molecule has 0 heterocycles. The number of hydrogen-bond donors (Lipinski definition) is 2. The second-order valence-electron chi connectivity index (χ2n) is 6.16. The van der Waals surface area contributed by atoms with Gasteiger partial charge < -0.3 is 10.4 Å². The molecule has 0 radical (unpaired) electrons. The minimum Gasteiger partial charge on any atom is -0.387 e. The summed E-state index contributed by atoms with van der Waals surface area (Å²) in [5.74, 6) is 0.913. The highest BCUT2D eigenvalue weighted by Gasteiger charge is 2.20. The van der Waals surface area contributed by atoms with Crippen molar-refractivity contribution in [3.05, 3.63) is 35.4 Å². The maximum atomic E-state index is 10.2. The van der Waals surface area contributed by atoms with E-state index in [1.165, 1.54) is 38.5 Å². The number of hydrogen-bond acceptors (Lipinski definition) is 3. The Bertz CT molecular complexity index is 455. The molecule has 0 spiro atoms. The van der Waals surface area contributed by atoms with Gasteiger partial charge in [0.25, 0.3) is 0 Å². The van der Waals surface area contributed by atoms with Crippen LogP contribution in [0.5, 0.6) is 0 Å². The normalized spacial score (nSPS) is 23.5. The smallest absolute Gasteiger partial charge is 0.0991 e. The van der Waals surface area contributed by atoms with Crippen LogP contribution in [0, 0.1) is 17.2 Å². The Morgan fingerprint density at radius 2 is 1.90 bits per heavy atom. The molecular weight excluding hydrogens is 260 g/mol. The molecule has 1 unspecified atom stereocenters. The van der Waals surface area contributed by atoms with E-state index < -0.39 is 6.10 Å². The maximum Gasteiger partial charge on any atom is 0.0991 e. The highest BCUT2D eigenvalue weighted by atomic mass is 16.3. The van der Waals surface area contributed by atoms with Gasteiger partial charge in [-0.3, -0.25) is 0 Å². The van der Waals surface area contributed by atoms with Crippen molar-refractivity contribution in [3.63, 3.8) is 0 Å². The number of aliphatic hydroxyl groups is 1. The largest absolute Gasteiger partial charge is 0.387 e. The zero-order valence-electron chi connectivity index (χ0n) is 12.9. The fourth-order valence-corrected chi connectivity index (χ4v) is 3.24. The van der Waals surface area contributed by atoms with E-state index in [0.29, 0.717) is 18.2 Å². The van der Waals surface area contributed by atoms with Crippen molar-refractivity contribution in [1.29, 1.82) is 5.26 Å². The van der Waals surface area contributed by atoms with Crippen LogP contribution in [0.1, 0.15) is 62.7 Å². The average molecular weight is 286 g/mol. The van der Waals surface area contributed by atoms with Gasteiger partial charge in [0, 0.05) is 12.6 Å². The van der Waals surface area contributed by atoms with Crippen molar-refractivity contribution in [2.24, 2.45) is 5.92 Å². The molecule has 2 rings (SSSR count). The summed E-state index contributed by atoms with van der Waals surface area (Å²) < 4.78 is 0. The van der Waals surface area contributed by atoms with Crippen molar-refractivity contribution in [2.75, 3.05) is 6.54 Å². The molecule has 1 aromatic carbocycles. The summed E-state index contributed by atoms with van der Waals surface area (Å²) in [6.45, 7) is 2.85. The quantitative estimate of drug-likeness (QED) is 0.841. The van der Waals surface area contributed by atoms with E-state index in [1.807, 2.05) is 12.1 Å². The van der Waals surface area contributed by atoms with Gasteiger partial charge in [-0.1, -0.05) is 31.9 Å². The Hall–Kier alpha value is -1.37. The predicted octanol–water partition coefficient (Wildman–Crippen LogP) is 3.54. The van der Waals surface area contributed by atoms with Gasteiger partial charge in [0.05, 0.1) is 17.7 Å². The van der Waals surface area contributed by atoms with Crippen molar-refractivity contribution >= 4 is 0 Å². The third-order valence-corrected chi connectivity index (χ3v) is 4.57. The lowest BCUT2D eigenvalue weighted by Crippen LogP contribution is -2.35. The number of nitrogens with zero attached hydrogens (tertiary/aromatic N) is 1. The van der Waals surface area contributed by atoms with E-state index in [0.717, 1.165) is 11.5 Å². The van der Waals surface area contributed by atoms with Gasteiger partial charge in [-0.15, -0.1) is 0 Å². The maximum absolute atomic E-state index is 10.2. The lowest BCUT2D eigenvalue weighted by Gasteiger charge is -2.29. The van der Waals surface area contributed by atoms with E-state index in [-0.39, 0.29) is 0 Å². The summed E-state index contributed by atoms with van der Waals surface area (Å²) >= 11 is 0. The third-order valence-electron chi connectivity index (χ3n) is 4.57. The molecule has 1 saturated carbocycles. The number of benzene rings is 1.